The second-order valence-electron chi connectivity index (χ2n) is 9.55. The summed E-state index contributed by atoms with van der Waals surface area (Å²) in [6.07, 6.45) is 4.50. The van der Waals surface area contributed by atoms with Crippen molar-refractivity contribution in [3.05, 3.63) is 59.7 Å². The molecule has 0 radical (unpaired) electrons. The summed E-state index contributed by atoms with van der Waals surface area (Å²) >= 11 is 0. The molecule has 3 amide bonds. The predicted molar refractivity (Wildman–Crippen MR) is 126 cm³/mol. The van der Waals surface area contributed by atoms with Crippen LogP contribution in [0.15, 0.2) is 53.4 Å². The maximum Gasteiger partial charge on any atom is 0.324 e. The highest BCUT2D eigenvalue weighted by atomic mass is 32.2. The van der Waals surface area contributed by atoms with E-state index in [-0.39, 0.29) is 35.2 Å². The third-order valence-electron chi connectivity index (χ3n) is 6.97. The molecule has 0 bridgehead atoms. The second-order valence-corrected chi connectivity index (χ2v) is 11.5. The number of carbonyl (C=O) groups excluding carboxylic acids is 2. The highest BCUT2D eigenvalue weighted by Gasteiger charge is 2.43. The normalized spacial score (nSPS) is 20.3. The van der Waals surface area contributed by atoms with Crippen LogP contribution in [0.25, 0.3) is 0 Å². The van der Waals surface area contributed by atoms with Crippen LogP contribution >= 0.6 is 0 Å². The van der Waals surface area contributed by atoms with Crippen LogP contribution in [0.5, 0.6) is 5.75 Å². The topological polar surface area (TPSA) is 105 Å². The average Bonchev–Trinajstić information content (AvgIpc) is 3.40. The van der Waals surface area contributed by atoms with Gasteiger partial charge in [0.05, 0.1) is 16.8 Å². The van der Waals surface area contributed by atoms with Gasteiger partial charge in [-0.05, 0) is 55.0 Å². The standard InChI is InChI=1S/C25H29N3O5S/c29-23-14-28(24(30)27-23)13-18-8-10-19(11-9-18)25(15-26-16-25)17-34(31,32)22-7-3-6-21(12-22)33-20-4-1-2-5-20/h3,6-12,20,26H,1-2,4-5,13-17H2,(H,27,29,30). The number of hydrogen-bond donors (Lipinski definition) is 2. The Balaban J connectivity index is 1.30. The van der Waals surface area contributed by atoms with E-state index in [1.165, 1.54) is 4.90 Å². The number of nitrogens with one attached hydrogen (secondary N) is 2. The quantitative estimate of drug-likeness (QED) is 0.559. The van der Waals surface area contributed by atoms with Gasteiger partial charge in [0.15, 0.2) is 9.84 Å². The monoisotopic (exact) mass is 483 g/mol. The number of ether oxygens (including phenoxy) is 1. The molecule has 0 aromatic heterocycles. The van der Waals surface area contributed by atoms with E-state index in [9.17, 15) is 18.0 Å². The zero-order valence-electron chi connectivity index (χ0n) is 19.0. The molecule has 2 saturated heterocycles. The van der Waals surface area contributed by atoms with Crippen LogP contribution < -0.4 is 15.4 Å². The molecule has 2 aromatic carbocycles. The van der Waals surface area contributed by atoms with Crippen molar-refractivity contribution in [2.45, 2.75) is 48.6 Å². The highest BCUT2D eigenvalue weighted by Crippen LogP contribution is 2.34. The van der Waals surface area contributed by atoms with Gasteiger partial charge in [0.1, 0.15) is 12.3 Å². The molecule has 2 N–H and O–H groups in total. The number of hydrogen-bond acceptors (Lipinski definition) is 6. The van der Waals surface area contributed by atoms with E-state index in [4.69, 9.17) is 4.74 Å². The van der Waals surface area contributed by atoms with Gasteiger partial charge in [-0.25, -0.2) is 13.2 Å². The smallest absolute Gasteiger partial charge is 0.324 e. The van der Waals surface area contributed by atoms with Gasteiger partial charge in [-0.1, -0.05) is 30.3 Å². The van der Waals surface area contributed by atoms with E-state index >= 15 is 0 Å². The fourth-order valence-electron chi connectivity index (χ4n) is 5.00. The summed E-state index contributed by atoms with van der Waals surface area (Å²) in [7, 11) is -3.54. The van der Waals surface area contributed by atoms with Gasteiger partial charge >= 0.3 is 6.03 Å². The molecular formula is C25H29N3O5S. The lowest BCUT2D eigenvalue weighted by Crippen LogP contribution is -2.60. The molecule has 5 rings (SSSR count). The summed E-state index contributed by atoms with van der Waals surface area (Å²) in [6, 6.07) is 14.1. The van der Waals surface area contributed by atoms with Gasteiger partial charge in [0.2, 0.25) is 5.91 Å². The van der Waals surface area contributed by atoms with Gasteiger partial charge in [-0.15, -0.1) is 0 Å². The molecule has 3 fully saturated rings. The van der Waals surface area contributed by atoms with E-state index < -0.39 is 15.3 Å². The molecular weight excluding hydrogens is 454 g/mol. The first-order valence-corrected chi connectivity index (χ1v) is 13.4. The number of imide groups is 1. The van der Waals surface area contributed by atoms with Gasteiger partial charge in [0.25, 0.3) is 0 Å². The van der Waals surface area contributed by atoms with Crippen LogP contribution in [0, 0.1) is 0 Å². The van der Waals surface area contributed by atoms with Crippen molar-refractivity contribution in [2.24, 2.45) is 0 Å². The van der Waals surface area contributed by atoms with Crippen molar-refractivity contribution < 1.29 is 22.7 Å². The Labute approximate surface area is 199 Å². The van der Waals surface area contributed by atoms with E-state index in [1.807, 2.05) is 30.3 Å². The van der Waals surface area contributed by atoms with Crippen molar-refractivity contribution in [3.8, 4) is 5.75 Å². The third-order valence-corrected chi connectivity index (χ3v) is 8.88. The first-order valence-electron chi connectivity index (χ1n) is 11.7. The number of carbonyl (C=O) groups is 2. The molecule has 0 unspecified atom stereocenters. The van der Waals surface area contributed by atoms with Gasteiger partial charge < -0.3 is 15.0 Å². The summed E-state index contributed by atoms with van der Waals surface area (Å²) in [6.45, 7) is 1.53. The summed E-state index contributed by atoms with van der Waals surface area (Å²) in [5, 5.41) is 5.50. The number of rotatable bonds is 8. The Bertz CT molecular complexity index is 1190. The van der Waals surface area contributed by atoms with Crippen molar-refractivity contribution in [2.75, 3.05) is 25.4 Å². The zero-order chi connectivity index (χ0) is 23.8. The van der Waals surface area contributed by atoms with Crippen LogP contribution in [0.4, 0.5) is 4.79 Å². The van der Waals surface area contributed by atoms with E-state index in [0.717, 1.165) is 36.8 Å². The molecule has 8 nitrogen and oxygen atoms in total. The lowest BCUT2D eigenvalue weighted by atomic mass is 9.77. The van der Waals surface area contributed by atoms with Crippen LogP contribution in [0.3, 0.4) is 0 Å². The first-order chi connectivity index (χ1) is 16.3. The average molecular weight is 484 g/mol. The molecule has 2 aliphatic heterocycles. The number of urea groups is 1. The largest absolute Gasteiger partial charge is 0.490 e. The molecule has 180 valence electrons. The number of sulfone groups is 1. The molecule has 0 spiro atoms. The van der Waals surface area contributed by atoms with Gasteiger partial charge in [-0.3, -0.25) is 10.1 Å². The lowest BCUT2D eigenvalue weighted by Gasteiger charge is -2.43. The van der Waals surface area contributed by atoms with Crippen LogP contribution in [0.1, 0.15) is 36.8 Å². The Hall–Kier alpha value is -2.91. The Morgan fingerprint density at radius 2 is 1.76 bits per heavy atom. The Morgan fingerprint density at radius 3 is 2.38 bits per heavy atom. The Kier molecular flexibility index (Phi) is 6.07. The molecule has 3 aliphatic rings. The van der Waals surface area contributed by atoms with E-state index in [1.54, 1.807) is 18.2 Å². The molecule has 1 aliphatic carbocycles. The van der Waals surface area contributed by atoms with Crippen molar-refractivity contribution in [1.29, 1.82) is 0 Å². The second kappa shape index (κ2) is 9.03. The minimum atomic E-state index is -3.54. The summed E-state index contributed by atoms with van der Waals surface area (Å²) < 4.78 is 32.8. The molecule has 9 heteroatoms. The number of amides is 3. The van der Waals surface area contributed by atoms with Gasteiger partial charge in [-0.2, -0.15) is 0 Å². The first kappa shape index (κ1) is 22.9. The molecule has 2 aromatic rings. The van der Waals surface area contributed by atoms with Crippen LogP contribution in [0.2, 0.25) is 0 Å². The molecule has 2 heterocycles. The van der Waals surface area contributed by atoms with Crippen molar-refractivity contribution in [3.63, 3.8) is 0 Å². The maximum atomic E-state index is 13.4. The lowest BCUT2D eigenvalue weighted by molar-refractivity contribution is -0.118. The number of nitrogens with zero attached hydrogens (tertiary/aromatic N) is 1. The maximum absolute atomic E-state index is 13.4. The summed E-state index contributed by atoms with van der Waals surface area (Å²) in [5.41, 5.74) is 1.32. The molecule has 0 atom stereocenters. The minimum absolute atomic E-state index is 0.00224. The number of benzene rings is 2. The van der Waals surface area contributed by atoms with E-state index in [0.29, 0.717) is 25.4 Å². The molecule has 34 heavy (non-hydrogen) atoms. The van der Waals surface area contributed by atoms with E-state index in [2.05, 4.69) is 10.6 Å². The molecule has 1 saturated carbocycles. The Morgan fingerprint density at radius 1 is 1.03 bits per heavy atom. The summed E-state index contributed by atoms with van der Waals surface area (Å²) in [4.78, 5) is 24.9. The minimum Gasteiger partial charge on any atom is -0.490 e. The van der Waals surface area contributed by atoms with Crippen molar-refractivity contribution in [1.82, 2.24) is 15.5 Å². The summed E-state index contributed by atoms with van der Waals surface area (Å²) in [5.74, 6) is 0.314. The highest BCUT2D eigenvalue weighted by molar-refractivity contribution is 7.91. The van der Waals surface area contributed by atoms with Crippen molar-refractivity contribution >= 4 is 21.8 Å². The van der Waals surface area contributed by atoms with Crippen LogP contribution in [-0.2, 0) is 26.6 Å². The zero-order valence-corrected chi connectivity index (χ0v) is 19.8. The van der Waals surface area contributed by atoms with Crippen LogP contribution in [-0.4, -0.2) is 56.7 Å². The fourth-order valence-corrected chi connectivity index (χ4v) is 6.84. The predicted octanol–water partition coefficient (Wildman–Crippen LogP) is 2.37. The SMILES string of the molecule is O=C1CN(Cc2ccc(C3(CS(=O)(=O)c4cccc(OC5CCCC5)c4)CNC3)cc2)C(=O)N1. The van der Waals surface area contributed by atoms with Gasteiger partial charge in [0, 0.05) is 25.0 Å². The fraction of sp³-hybridized carbons (Fsp3) is 0.440. The third kappa shape index (κ3) is 4.67.